The summed E-state index contributed by atoms with van der Waals surface area (Å²) in [6, 6.07) is 4.57. The number of hydrogen-bond donors (Lipinski definition) is 2. The number of phenols is 1. The molecule has 0 amide bonds. The first-order chi connectivity index (χ1) is 17.1. The predicted molar refractivity (Wildman–Crippen MR) is 136 cm³/mol. The number of rotatable bonds is 15. The first-order valence-electron chi connectivity index (χ1n) is 11.9. The molecule has 9 heteroatoms. The summed E-state index contributed by atoms with van der Waals surface area (Å²) >= 11 is 6.36. The van der Waals surface area contributed by atoms with Crippen molar-refractivity contribution in [1.82, 2.24) is 0 Å². The van der Waals surface area contributed by atoms with E-state index in [0.717, 1.165) is 12.8 Å². The van der Waals surface area contributed by atoms with E-state index in [1.807, 2.05) is 13.8 Å². The Balaban J connectivity index is 2.18. The number of ether oxygens (including phenoxy) is 3. The van der Waals surface area contributed by atoms with Crippen LogP contribution in [0, 0.1) is 0 Å². The van der Waals surface area contributed by atoms with Crippen molar-refractivity contribution in [3.05, 3.63) is 45.5 Å². The largest absolute Gasteiger partial charge is 0.507 e. The van der Waals surface area contributed by atoms with E-state index in [2.05, 4.69) is 0 Å². The molecule has 0 aliphatic heterocycles. The normalized spacial score (nSPS) is 10.7. The third-order valence-electron chi connectivity index (χ3n) is 5.41. The van der Waals surface area contributed by atoms with E-state index in [4.69, 9.17) is 30.9 Å². The van der Waals surface area contributed by atoms with Crippen molar-refractivity contribution in [3.63, 3.8) is 0 Å². The molecular formula is C27H33ClO8. The number of halogens is 1. The molecule has 0 atom stereocenters. The maximum Gasteiger partial charge on any atom is 0.341 e. The number of aliphatic carboxylic acids is 1. The van der Waals surface area contributed by atoms with Crippen molar-refractivity contribution >= 4 is 29.1 Å². The fourth-order valence-corrected chi connectivity index (χ4v) is 4.08. The molecule has 0 heterocycles. The monoisotopic (exact) mass is 520 g/mol. The van der Waals surface area contributed by atoms with E-state index in [0.29, 0.717) is 53.2 Å². The molecule has 2 rings (SSSR count). The van der Waals surface area contributed by atoms with E-state index in [9.17, 15) is 19.5 Å². The van der Waals surface area contributed by atoms with Gasteiger partial charge >= 0.3 is 5.97 Å². The van der Waals surface area contributed by atoms with Gasteiger partial charge in [-0.25, -0.2) is 4.79 Å². The Hall–Kier alpha value is -3.26. The number of Topliss-reactive ketones (excluding diaryl/α,β-unsaturated/α-hetero) is 2. The van der Waals surface area contributed by atoms with Crippen LogP contribution in [0.3, 0.4) is 0 Å². The zero-order valence-electron chi connectivity index (χ0n) is 21.1. The third kappa shape index (κ3) is 7.37. The van der Waals surface area contributed by atoms with Gasteiger partial charge < -0.3 is 24.4 Å². The van der Waals surface area contributed by atoms with Crippen LogP contribution in [0.4, 0.5) is 0 Å². The fourth-order valence-electron chi connectivity index (χ4n) is 3.80. The van der Waals surface area contributed by atoms with Crippen LogP contribution >= 0.6 is 11.6 Å². The van der Waals surface area contributed by atoms with Crippen LogP contribution in [-0.2, 0) is 17.6 Å². The number of carboxylic acids is 1. The highest BCUT2D eigenvalue weighted by atomic mass is 35.5. The molecule has 0 spiro atoms. The van der Waals surface area contributed by atoms with Gasteiger partial charge in [-0.05, 0) is 44.9 Å². The second-order valence-corrected chi connectivity index (χ2v) is 8.73. The Bertz CT molecular complexity index is 1110. The first kappa shape index (κ1) is 29.0. The van der Waals surface area contributed by atoms with Gasteiger partial charge in [-0.3, -0.25) is 9.59 Å². The van der Waals surface area contributed by atoms with Gasteiger partial charge in [0, 0.05) is 17.5 Å². The summed E-state index contributed by atoms with van der Waals surface area (Å²) in [5.74, 6) is -0.607. The molecule has 196 valence electrons. The van der Waals surface area contributed by atoms with E-state index in [-0.39, 0.29) is 41.1 Å². The molecule has 0 aliphatic rings. The molecule has 0 radical (unpaired) electrons. The van der Waals surface area contributed by atoms with Crippen LogP contribution < -0.4 is 14.2 Å². The van der Waals surface area contributed by atoms with Crippen LogP contribution in [0.1, 0.15) is 78.8 Å². The third-order valence-corrected chi connectivity index (χ3v) is 5.69. The lowest BCUT2D eigenvalue weighted by Crippen LogP contribution is -2.13. The summed E-state index contributed by atoms with van der Waals surface area (Å²) in [7, 11) is 0. The molecular weight excluding hydrogens is 488 g/mol. The highest BCUT2D eigenvalue weighted by Crippen LogP contribution is 2.39. The fraction of sp³-hybridized carbons (Fsp3) is 0.444. The quantitative estimate of drug-likeness (QED) is 0.228. The predicted octanol–water partition coefficient (Wildman–Crippen LogP) is 5.67. The van der Waals surface area contributed by atoms with Gasteiger partial charge in [0.2, 0.25) is 0 Å². The van der Waals surface area contributed by atoms with Crippen molar-refractivity contribution in [3.8, 4) is 23.0 Å². The molecule has 0 aliphatic carbocycles. The van der Waals surface area contributed by atoms with E-state index in [1.54, 1.807) is 12.1 Å². The Kier molecular flexibility index (Phi) is 11.0. The minimum Gasteiger partial charge on any atom is -0.507 e. The summed E-state index contributed by atoms with van der Waals surface area (Å²) in [6.45, 7) is 6.62. The van der Waals surface area contributed by atoms with Gasteiger partial charge in [0.1, 0.15) is 23.0 Å². The van der Waals surface area contributed by atoms with Gasteiger partial charge in [-0.1, -0.05) is 38.3 Å². The standard InChI is InChI=1S/C27H33ClO8/c1-5-8-19-23(36-15-24(31)32)11-10-18(16(3)29)26(19)34-12-7-13-35-27-20(9-6-2)25(33)21(17(4)30)14-22(27)28/h10-11,14,33H,5-9,12-13,15H2,1-4H3,(H,31,32). The van der Waals surface area contributed by atoms with Crippen LogP contribution in [-0.4, -0.2) is 47.6 Å². The summed E-state index contributed by atoms with van der Waals surface area (Å²) < 4.78 is 17.3. The molecule has 0 aromatic heterocycles. The lowest BCUT2D eigenvalue weighted by atomic mass is 10.0. The topological polar surface area (TPSA) is 119 Å². The minimum atomic E-state index is -1.10. The lowest BCUT2D eigenvalue weighted by Gasteiger charge is -2.19. The number of ketones is 2. The lowest BCUT2D eigenvalue weighted by molar-refractivity contribution is -0.139. The number of carbonyl (C=O) groups is 3. The van der Waals surface area contributed by atoms with Crippen LogP contribution in [0.2, 0.25) is 5.02 Å². The van der Waals surface area contributed by atoms with Crippen molar-refractivity contribution in [2.24, 2.45) is 0 Å². The van der Waals surface area contributed by atoms with Crippen molar-refractivity contribution in [1.29, 1.82) is 0 Å². The van der Waals surface area contributed by atoms with Crippen molar-refractivity contribution in [2.45, 2.75) is 59.8 Å². The molecule has 8 nitrogen and oxygen atoms in total. The Morgan fingerprint density at radius 3 is 2.00 bits per heavy atom. The number of carboxylic acid groups (broad SMARTS) is 1. The zero-order chi connectivity index (χ0) is 26.8. The van der Waals surface area contributed by atoms with Crippen molar-refractivity contribution < 1.29 is 38.8 Å². The zero-order valence-corrected chi connectivity index (χ0v) is 21.9. The van der Waals surface area contributed by atoms with Crippen LogP contribution in [0.15, 0.2) is 18.2 Å². The molecule has 2 aromatic rings. The molecule has 0 saturated carbocycles. The van der Waals surface area contributed by atoms with Gasteiger partial charge in [-0.15, -0.1) is 0 Å². The highest BCUT2D eigenvalue weighted by Gasteiger charge is 2.21. The molecule has 0 saturated heterocycles. The maximum absolute atomic E-state index is 12.2. The number of phenolic OH excluding ortho intramolecular Hbond substituents is 1. The van der Waals surface area contributed by atoms with Gasteiger partial charge in [0.05, 0.1) is 29.4 Å². The van der Waals surface area contributed by atoms with E-state index in [1.165, 1.54) is 19.9 Å². The SMILES string of the molecule is CCCc1c(O)c(C(C)=O)cc(Cl)c1OCCCOc1c(C(C)=O)ccc(OCC(=O)O)c1CCC. The van der Waals surface area contributed by atoms with Crippen LogP contribution in [0.25, 0.3) is 0 Å². The summed E-state index contributed by atoms with van der Waals surface area (Å²) in [4.78, 5) is 35.0. The van der Waals surface area contributed by atoms with E-state index >= 15 is 0 Å². The second kappa shape index (κ2) is 13.7. The van der Waals surface area contributed by atoms with Crippen LogP contribution in [0.5, 0.6) is 23.0 Å². The molecule has 0 unspecified atom stereocenters. The average Bonchev–Trinajstić information content (AvgIpc) is 2.81. The number of carbonyl (C=O) groups excluding carboxylic acids is 2. The van der Waals surface area contributed by atoms with Gasteiger partial charge in [0.25, 0.3) is 0 Å². The maximum atomic E-state index is 12.2. The Morgan fingerprint density at radius 2 is 1.44 bits per heavy atom. The summed E-state index contributed by atoms with van der Waals surface area (Å²) in [5.41, 5.74) is 1.68. The average molecular weight is 521 g/mol. The molecule has 2 aromatic carbocycles. The van der Waals surface area contributed by atoms with Crippen molar-refractivity contribution in [2.75, 3.05) is 19.8 Å². The summed E-state index contributed by atoms with van der Waals surface area (Å²) in [5, 5.41) is 19.8. The van der Waals surface area contributed by atoms with E-state index < -0.39 is 12.6 Å². The number of hydrogen-bond acceptors (Lipinski definition) is 7. The van der Waals surface area contributed by atoms with Gasteiger partial charge in [-0.2, -0.15) is 0 Å². The number of aromatic hydroxyl groups is 1. The molecule has 0 fully saturated rings. The minimum absolute atomic E-state index is 0.117. The highest BCUT2D eigenvalue weighted by molar-refractivity contribution is 6.32. The van der Waals surface area contributed by atoms with Gasteiger partial charge in [0.15, 0.2) is 18.2 Å². The molecule has 36 heavy (non-hydrogen) atoms. The first-order valence-corrected chi connectivity index (χ1v) is 12.3. The smallest absolute Gasteiger partial charge is 0.341 e. The number of benzene rings is 2. The Morgan fingerprint density at radius 1 is 0.861 bits per heavy atom. The Labute approximate surface area is 216 Å². The second-order valence-electron chi connectivity index (χ2n) is 8.33. The summed E-state index contributed by atoms with van der Waals surface area (Å²) in [6.07, 6.45) is 2.92. The molecule has 2 N–H and O–H groups in total. The molecule has 0 bridgehead atoms.